The third-order valence-electron chi connectivity index (χ3n) is 0.936. The summed E-state index contributed by atoms with van der Waals surface area (Å²) in [6.07, 6.45) is 2.40. The van der Waals surface area contributed by atoms with Gasteiger partial charge in [-0.25, -0.2) is 4.98 Å². The zero-order chi connectivity index (χ0) is 7.61. The molecule has 0 fully saturated rings. The third-order valence-corrected chi connectivity index (χ3v) is 0.936. The molecule has 0 saturated heterocycles. The van der Waals surface area contributed by atoms with Crippen LogP contribution in [-0.4, -0.2) is 9.97 Å². The molecule has 52 valence electrons. The second-order valence-corrected chi connectivity index (χ2v) is 1.62. The summed E-state index contributed by atoms with van der Waals surface area (Å²) in [5.74, 6) is -4.11. The number of aromatic nitrogens is 2. The number of halogens is 2. The molecule has 1 aromatic rings. The van der Waals surface area contributed by atoms with Gasteiger partial charge in [0.2, 0.25) is 0 Å². The van der Waals surface area contributed by atoms with Gasteiger partial charge >= 0.3 is 5.92 Å². The maximum Gasteiger partial charge on any atom is 0.388 e. The van der Waals surface area contributed by atoms with E-state index in [1.165, 1.54) is 12.4 Å². The van der Waals surface area contributed by atoms with Crippen LogP contribution in [0, 0.1) is 11.3 Å². The Labute approximate surface area is 55.3 Å². The molecule has 1 aromatic heterocycles. The maximum atomic E-state index is 12.3. The molecule has 0 bridgehead atoms. The van der Waals surface area contributed by atoms with Crippen molar-refractivity contribution in [3.63, 3.8) is 0 Å². The summed E-state index contributed by atoms with van der Waals surface area (Å²) in [5, 5.41) is 7.91. The van der Waals surface area contributed by atoms with Gasteiger partial charge in [-0.3, -0.25) is 0 Å². The average Bonchev–Trinajstić information content (AvgIpc) is 2.38. The average molecular weight is 143 g/mol. The van der Waals surface area contributed by atoms with E-state index in [0.29, 0.717) is 0 Å². The number of hydrogen-bond donors (Lipinski definition) is 1. The van der Waals surface area contributed by atoms with E-state index in [2.05, 4.69) is 9.97 Å². The lowest BCUT2D eigenvalue weighted by Crippen LogP contribution is -2.11. The molecular weight excluding hydrogens is 140 g/mol. The molecule has 0 amide bonds. The first-order valence-electron chi connectivity index (χ1n) is 2.46. The van der Waals surface area contributed by atoms with Gasteiger partial charge in [-0.1, -0.05) is 0 Å². The number of nitrogens with zero attached hydrogens (tertiary/aromatic N) is 2. The molecule has 0 radical (unpaired) electrons. The Kier molecular flexibility index (Phi) is 1.38. The molecule has 0 unspecified atom stereocenters. The fourth-order valence-electron chi connectivity index (χ4n) is 0.490. The van der Waals surface area contributed by atoms with Crippen molar-refractivity contribution in [2.75, 3.05) is 0 Å². The minimum absolute atomic E-state index is 0.616. The molecule has 1 heterocycles. The van der Waals surface area contributed by atoms with Gasteiger partial charge in [-0.15, -0.1) is 0 Å². The highest BCUT2D eigenvalue weighted by molar-refractivity contribution is 5.08. The van der Waals surface area contributed by atoms with Crippen LogP contribution < -0.4 is 0 Å². The Morgan fingerprint density at radius 2 is 2.40 bits per heavy atom. The van der Waals surface area contributed by atoms with Crippen LogP contribution in [0.15, 0.2) is 12.4 Å². The summed E-state index contributed by atoms with van der Waals surface area (Å²) in [7, 11) is 0. The number of aromatic amines is 1. The van der Waals surface area contributed by atoms with Crippen LogP contribution in [-0.2, 0) is 5.92 Å². The lowest BCUT2D eigenvalue weighted by atomic mass is 10.4. The van der Waals surface area contributed by atoms with E-state index in [-0.39, 0.29) is 0 Å². The monoisotopic (exact) mass is 143 g/mol. The predicted molar refractivity (Wildman–Crippen MR) is 28.1 cm³/mol. The van der Waals surface area contributed by atoms with Crippen molar-refractivity contribution in [1.29, 1.82) is 5.26 Å². The van der Waals surface area contributed by atoms with Gasteiger partial charge in [0.15, 0.2) is 5.82 Å². The van der Waals surface area contributed by atoms with Crippen molar-refractivity contribution in [2.45, 2.75) is 5.92 Å². The quantitative estimate of drug-likeness (QED) is 0.638. The Hall–Kier alpha value is -1.44. The Morgan fingerprint density at radius 3 is 2.80 bits per heavy atom. The predicted octanol–water partition coefficient (Wildman–Crippen LogP) is 1.03. The van der Waals surface area contributed by atoms with Crippen molar-refractivity contribution in [3.05, 3.63) is 18.2 Å². The van der Waals surface area contributed by atoms with Crippen molar-refractivity contribution in [1.82, 2.24) is 9.97 Å². The Bertz CT molecular complexity index is 246. The number of H-pyrrole nitrogens is 1. The molecule has 1 rings (SSSR count). The minimum Gasteiger partial charge on any atom is -0.343 e. The Morgan fingerprint density at radius 1 is 1.70 bits per heavy atom. The van der Waals surface area contributed by atoms with Gasteiger partial charge in [0.1, 0.15) is 6.07 Å². The highest BCUT2D eigenvalue weighted by atomic mass is 19.3. The molecule has 0 saturated carbocycles. The summed E-state index contributed by atoms with van der Waals surface area (Å²) in [6, 6.07) is 0.817. The standard InChI is InChI=1S/C5H3F2N3/c6-5(7,3-8)4-9-1-2-10-4/h1-2H,(H,9,10). The van der Waals surface area contributed by atoms with Crippen molar-refractivity contribution >= 4 is 0 Å². The molecule has 0 aliphatic heterocycles. The second-order valence-electron chi connectivity index (χ2n) is 1.62. The molecule has 0 aromatic carbocycles. The first-order chi connectivity index (χ1) is 4.67. The van der Waals surface area contributed by atoms with Gasteiger partial charge in [-0.2, -0.15) is 14.0 Å². The number of alkyl halides is 2. The zero-order valence-electron chi connectivity index (χ0n) is 4.81. The van der Waals surface area contributed by atoms with Crippen molar-refractivity contribution in [3.8, 4) is 6.07 Å². The molecule has 3 nitrogen and oxygen atoms in total. The summed E-state index contributed by atoms with van der Waals surface area (Å²) in [4.78, 5) is 5.38. The molecule has 0 aliphatic rings. The van der Waals surface area contributed by atoms with Gasteiger partial charge in [0.05, 0.1) is 0 Å². The van der Waals surface area contributed by atoms with Crippen LogP contribution in [0.3, 0.4) is 0 Å². The van der Waals surface area contributed by atoms with E-state index in [0.717, 1.165) is 6.07 Å². The number of nitriles is 1. The summed E-state index contributed by atoms with van der Waals surface area (Å²) >= 11 is 0. The van der Waals surface area contributed by atoms with Gasteiger partial charge in [0, 0.05) is 12.4 Å². The highest BCUT2D eigenvalue weighted by Gasteiger charge is 2.33. The van der Waals surface area contributed by atoms with E-state index in [1.807, 2.05) is 0 Å². The summed E-state index contributed by atoms with van der Waals surface area (Å²) in [6.45, 7) is 0. The smallest absolute Gasteiger partial charge is 0.343 e. The van der Waals surface area contributed by atoms with Crippen LogP contribution >= 0.6 is 0 Å². The molecule has 10 heavy (non-hydrogen) atoms. The number of imidazole rings is 1. The zero-order valence-corrected chi connectivity index (χ0v) is 4.81. The molecule has 0 spiro atoms. The molecule has 0 aliphatic carbocycles. The minimum atomic E-state index is -3.50. The maximum absolute atomic E-state index is 12.3. The normalized spacial score (nSPS) is 10.9. The second kappa shape index (κ2) is 2.06. The van der Waals surface area contributed by atoms with Crippen molar-refractivity contribution in [2.24, 2.45) is 0 Å². The fourth-order valence-corrected chi connectivity index (χ4v) is 0.490. The summed E-state index contributed by atoms with van der Waals surface area (Å²) in [5.41, 5.74) is 0. The van der Waals surface area contributed by atoms with Crippen LogP contribution in [0.5, 0.6) is 0 Å². The topological polar surface area (TPSA) is 52.5 Å². The number of rotatable bonds is 1. The van der Waals surface area contributed by atoms with E-state index in [1.54, 1.807) is 0 Å². The van der Waals surface area contributed by atoms with E-state index in [9.17, 15) is 8.78 Å². The molecule has 5 heteroatoms. The Balaban J connectivity index is 2.99. The highest BCUT2D eigenvalue weighted by Crippen LogP contribution is 2.22. The van der Waals surface area contributed by atoms with Gasteiger partial charge in [-0.05, 0) is 0 Å². The van der Waals surface area contributed by atoms with E-state index >= 15 is 0 Å². The van der Waals surface area contributed by atoms with Crippen LogP contribution in [0.2, 0.25) is 0 Å². The van der Waals surface area contributed by atoms with E-state index in [4.69, 9.17) is 5.26 Å². The first kappa shape index (κ1) is 6.68. The lowest BCUT2D eigenvalue weighted by molar-refractivity contribution is 0.0520. The van der Waals surface area contributed by atoms with E-state index < -0.39 is 11.7 Å². The number of nitrogens with one attached hydrogen (secondary N) is 1. The van der Waals surface area contributed by atoms with Crippen LogP contribution in [0.1, 0.15) is 5.82 Å². The van der Waals surface area contributed by atoms with Gasteiger partial charge < -0.3 is 4.98 Å². The first-order valence-corrected chi connectivity index (χ1v) is 2.46. The number of hydrogen-bond acceptors (Lipinski definition) is 2. The fraction of sp³-hybridized carbons (Fsp3) is 0.200. The van der Waals surface area contributed by atoms with Crippen molar-refractivity contribution < 1.29 is 8.78 Å². The lowest BCUT2D eigenvalue weighted by Gasteiger charge is -2.00. The largest absolute Gasteiger partial charge is 0.388 e. The third kappa shape index (κ3) is 0.957. The SMILES string of the molecule is N#CC(F)(F)c1ncc[nH]1. The molecule has 0 atom stereocenters. The van der Waals surface area contributed by atoms with Gasteiger partial charge in [0.25, 0.3) is 0 Å². The molecular formula is C5H3F2N3. The van der Waals surface area contributed by atoms with Crippen LogP contribution in [0.25, 0.3) is 0 Å². The molecule has 1 N–H and O–H groups in total. The van der Waals surface area contributed by atoms with Crippen LogP contribution in [0.4, 0.5) is 8.78 Å². The summed E-state index contributed by atoms with van der Waals surface area (Å²) < 4.78 is 24.5.